The SMILES string of the molecule is CCNC(=O)[C@@H](C)Sc1nnc(Nc2ccccc2C)s1. The van der Waals surface area contributed by atoms with Gasteiger partial charge in [-0.2, -0.15) is 0 Å². The zero-order valence-corrected chi connectivity index (χ0v) is 13.8. The van der Waals surface area contributed by atoms with Crippen molar-refractivity contribution in [2.24, 2.45) is 0 Å². The number of para-hydroxylation sites is 1. The third-order valence-electron chi connectivity index (χ3n) is 2.79. The topological polar surface area (TPSA) is 66.9 Å². The van der Waals surface area contributed by atoms with Crippen LogP contribution in [0, 0.1) is 6.92 Å². The summed E-state index contributed by atoms with van der Waals surface area (Å²) < 4.78 is 0.782. The Morgan fingerprint density at radius 1 is 1.38 bits per heavy atom. The van der Waals surface area contributed by atoms with Gasteiger partial charge in [0.1, 0.15) is 0 Å². The van der Waals surface area contributed by atoms with Gasteiger partial charge in [-0.1, -0.05) is 41.3 Å². The van der Waals surface area contributed by atoms with E-state index in [1.807, 2.05) is 45.0 Å². The van der Waals surface area contributed by atoms with Crippen LogP contribution in [0.2, 0.25) is 0 Å². The summed E-state index contributed by atoms with van der Waals surface area (Å²) >= 11 is 2.87. The van der Waals surface area contributed by atoms with E-state index in [0.717, 1.165) is 20.7 Å². The summed E-state index contributed by atoms with van der Waals surface area (Å²) in [5.41, 5.74) is 2.17. The van der Waals surface area contributed by atoms with Crippen molar-refractivity contribution >= 4 is 39.8 Å². The molecular formula is C14H18N4OS2. The number of nitrogens with zero attached hydrogens (tertiary/aromatic N) is 2. The summed E-state index contributed by atoms with van der Waals surface area (Å²) in [6, 6.07) is 8.01. The molecule has 0 aliphatic heterocycles. The highest BCUT2D eigenvalue weighted by Gasteiger charge is 2.16. The summed E-state index contributed by atoms with van der Waals surface area (Å²) in [5.74, 6) is 0.0195. The summed E-state index contributed by atoms with van der Waals surface area (Å²) in [7, 11) is 0. The highest BCUT2D eigenvalue weighted by Crippen LogP contribution is 2.30. The molecule has 2 N–H and O–H groups in total. The Morgan fingerprint density at radius 3 is 2.86 bits per heavy atom. The Hall–Kier alpha value is -1.60. The van der Waals surface area contributed by atoms with Crippen LogP contribution in [0.15, 0.2) is 28.6 Å². The number of amides is 1. The van der Waals surface area contributed by atoms with Gasteiger partial charge >= 0.3 is 0 Å². The number of nitrogens with one attached hydrogen (secondary N) is 2. The minimum absolute atomic E-state index is 0.0195. The number of anilines is 2. The predicted octanol–water partition coefficient (Wildman–Crippen LogP) is 3.21. The normalized spacial score (nSPS) is 12.0. The maximum absolute atomic E-state index is 11.7. The van der Waals surface area contributed by atoms with Crippen molar-refractivity contribution < 1.29 is 4.79 Å². The van der Waals surface area contributed by atoms with Crippen LogP contribution in [0.5, 0.6) is 0 Å². The van der Waals surface area contributed by atoms with Gasteiger partial charge in [-0.25, -0.2) is 0 Å². The fourth-order valence-electron chi connectivity index (χ4n) is 1.66. The molecule has 112 valence electrons. The molecule has 1 aromatic carbocycles. The summed E-state index contributed by atoms with van der Waals surface area (Å²) in [6.07, 6.45) is 0. The molecule has 21 heavy (non-hydrogen) atoms. The van der Waals surface area contributed by atoms with E-state index in [1.165, 1.54) is 23.1 Å². The smallest absolute Gasteiger partial charge is 0.233 e. The highest BCUT2D eigenvalue weighted by molar-refractivity contribution is 8.02. The van der Waals surface area contributed by atoms with E-state index in [1.54, 1.807) is 0 Å². The average Bonchev–Trinajstić information content (AvgIpc) is 2.89. The molecule has 5 nitrogen and oxygen atoms in total. The van der Waals surface area contributed by atoms with Gasteiger partial charge in [0.25, 0.3) is 0 Å². The van der Waals surface area contributed by atoms with Crippen molar-refractivity contribution in [2.75, 3.05) is 11.9 Å². The first-order chi connectivity index (χ1) is 10.1. The average molecular weight is 322 g/mol. The predicted molar refractivity (Wildman–Crippen MR) is 88.4 cm³/mol. The lowest BCUT2D eigenvalue weighted by Crippen LogP contribution is -2.30. The van der Waals surface area contributed by atoms with Crippen molar-refractivity contribution in [3.8, 4) is 0 Å². The molecule has 1 atom stereocenters. The lowest BCUT2D eigenvalue weighted by molar-refractivity contribution is -0.120. The number of benzene rings is 1. The number of aromatic nitrogens is 2. The van der Waals surface area contributed by atoms with E-state index in [9.17, 15) is 4.79 Å². The zero-order chi connectivity index (χ0) is 15.2. The van der Waals surface area contributed by atoms with E-state index in [0.29, 0.717) is 6.54 Å². The molecule has 0 fully saturated rings. The quantitative estimate of drug-likeness (QED) is 0.799. The zero-order valence-electron chi connectivity index (χ0n) is 12.2. The van der Waals surface area contributed by atoms with Gasteiger partial charge in [0.15, 0.2) is 4.34 Å². The van der Waals surface area contributed by atoms with Crippen LogP contribution in [0.25, 0.3) is 0 Å². The van der Waals surface area contributed by atoms with Gasteiger partial charge in [-0.15, -0.1) is 10.2 Å². The van der Waals surface area contributed by atoms with Crippen molar-refractivity contribution in [1.29, 1.82) is 0 Å². The second kappa shape index (κ2) is 7.42. The van der Waals surface area contributed by atoms with Gasteiger partial charge in [0.2, 0.25) is 11.0 Å². The first-order valence-corrected chi connectivity index (χ1v) is 8.40. The molecular weight excluding hydrogens is 304 g/mol. The largest absolute Gasteiger partial charge is 0.355 e. The van der Waals surface area contributed by atoms with Gasteiger partial charge in [-0.3, -0.25) is 4.79 Å². The Kier molecular flexibility index (Phi) is 5.58. The highest BCUT2D eigenvalue weighted by atomic mass is 32.2. The number of thioether (sulfide) groups is 1. The second-order valence-electron chi connectivity index (χ2n) is 4.47. The van der Waals surface area contributed by atoms with Gasteiger partial charge < -0.3 is 10.6 Å². The van der Waals surface area contributed by atoms with Crippen LogP contribution in [-0.4, -0.2) is 27.9 Å². The van der Waals surface area contributed by atoms with Crippen LogP contribution in [0.4, 0.5) is 10.8 Å². The summed E-state index contributed by atoms with van der Waals surface area (Å²) in [4.78, 5) is 11.7. The number of hydrogen-bond acceptors (Lipinski definition) is 6. The minimum Gasteiger partial charge on any atom is -0.355 e. The fourth-order valence-corrected chi connectivity index (χ4v) is 3.59. The standard InChI is InChI=1S/C14H18N4OS2/c1-4-15-12(19)10(3)20-14-18-17-13(21-14)16-11-8-6-5-7-9(11)2/h5-8,10H,4H2,1-3H3,(H,15,19)(H,16,17)/t10-/m1/s1. The third-order valence-corrected chi connectivity index (χ3v) is 4.81. The molecule has 0 saturated carbocycles. The Labute approximate surface area is 132 Å². The van der Waals surface area contributed by atoms with Crippen LogP contribution in [0.1, 0.15) is 19.4 Å². The number of carbonyl (C=O) groups is 1. The number of carbonyl (C=O) groups excluding carboxylic acids is 1. The molecule has 2 rings (SSSR count). The van der Waals surface area contributed by atoms with Crippen molar-refractivity contribution in [3.05, 3.63) is 29.8 Å². The summed E-state index contributed by atoms with van der Waals surface area (Å²) in [5, 5.41) is 14.8. The molecule has 0 unspecified atom stereocenters. The molecule has 2 aromatic rings. The number of rotatable bonds is 6. The lowest BCUT2D eigenvalue weighted by Gasteiger charge is -2.07. The Bertz CT molecular complexity index is 615. The van der Waals surface area contributed by atoms with Gasteiger partial charge in [0, 0.05) is 12.2 Å². The van der Waals surface area contributed by atoms with E-state index in [2.05, 4.69) is 20.8 Å². The van der Waals surface area contributed by atoms with Crippen LogP contribution < -0.4 is 10.6 Å². The number of hydrogen-bond donors (Lipinski definition) is 2. The molecule has 1 heterocycles. The van der Waals surface area contributed by atoms with Crippen LogP contribution >= 0.6 is 23.1 Å². The van der Waals surface area contributed by atoms with Gasteiger partial charge in [-0.05, 0) is 32.4 Å². The lowest BCUT2D eigenvalue weighted by atomic mass is 10.2. The summed E-state index contributed by atoms with van der Waals surface area (Å²) in [6.45, 7) is 6.45. The maximum Gasteiger partial charge on any atom is 0.233 e. The molecule has 0 saturated heterocycles. The van der Waals surface area contributed by atoms with Crippen molar-refractivity contribution in [1.82, 2.24) is 15.5 Å². The molecule has 0 aliphatic carbocycles. The van der Waals surface area contributed by atoms with E-state index in [4.69, 9.17) is 0 Å². The second-order valence-corrected chi connectivity index (χ2v) is 7.03. The van der Waals surface area contributed by atoms with E-state index < -0.39 is 0 Å². The minimum atomic E-state index is -0.177. The maximum atomic E-state index is 11.7. The molecule has 1 amide bonds. The monoisotopic (exact) mass is 322 g/mol. The van der Waals surface area contributed by atoms with Gasteiger partial charge in [0.05, 0.1) is 5.25 Å². The van der Waals surface area contributed by atoms with Crippen molar-refractivity contribution in [2.45, 2.75) is 30.4 Å². The molecule has 0 radical (unpaired) electrons. The molecule has 0 bridgehead atoms. The first-order valence-electron chi connectivity index (χ1n) is 6.70. The van der Waals surface area contributed by atoms with E-state index >= 15 is 0 Å². The van der Waals surface area contributed by atoms with Crippen LogP contribution in [0.3, 0.4) is 0 Å². The molecule has 7 heteroatoms. The Morgan fingerprint density at radius 2 is 2.14 bits per heavy atom. The van der Waals surface area contributed by atoms with Crippen molar-refractivity contribution in [3.63, 3.8) is 0 Å². The first kappa shape index (κ1) is 15.8. The Balaban J connectivity index is 1.99. The third kappa shape index (κ3) is 4.44. The molecule has 0 spiro atoms. The number of aryl methyl sites for hydroxylation is 1. The molecule has 1 aromatic heterocycles. The van der Waals surface area contributed by atoms with E-state index in [-0.39, 0.29) is 11.2 Å². The van der Waals surface area contributed by atoms with Crippen LogP contribution in [-0.2, 0) is 4.79 Å². The molecule has 0 aliphatic rings. The fraction of sp³-hybridized carbons (Fsp3) is 0.357.